The number of likely N-dealkylation sites (tertiary alicyclic amines) is 1. The summed E-state index contributed by atoms with van der Waals surface area (Å²) in [7, 11) is 0. The number of fused-ring (bicyclic) bond motifs is 4. The molecular formula is C35H31ClN2O8. The van der Waals surface area contributed by atoms with Crippen molar-refractivity contribution in [2.45, 2.75) is 43.6 Å². The Hall–Kier alpha value is -4.54. The number of carboxylic acid groups (broad SMARTS) is 1. The number of aliphatic hydroxyl groups excluding tert-OH is 1. The van der Waals surface area contributed by atoms with E-state index in [0.717, 1.165) is 5.57 Å². The molecule has 236 valence electrons. The number of furan rings is 1. The van der Waals surface area contributed by atoms with Crippen molar-refractivity contribution in [3.8, 4) is 0 Å². The summed E-state index contributed by atoms with van der Waals surface area (Å²) in [5.41, 5.74) is 0.212. The maximum Gasteiger partial charge on any atom is 0.303 e. The third kappa shape index (κ3) is 4.38. The fourth-order valence-corrected chi connectivity index (χ4v) is 8.55. The smallest absolute Gasteiger partial charge is 0.303 e. The first-order chi connectivity index (χ1) is 22.2. The summed E-state index contributed by atoms with van der Waals surface area (Å²) in [6.07, 6.45) is 2.26. The highest BCUT2D eigenvalue weighted by atomic mass is 35.5. The number of benzene rings is 2. The van der Waals surface area contributed by atoms with Gasteiger partial charge in [0.1, 0.15) is 23.5 Å². The van der Waals surface area contributed by atoms with Crippen LogP contribution in [0, 0.1) is 23.7 Å². The topological polar surface area (TPSA) is 145 Å². The summed E-state index contributed by atoms with van der Waals surface area (Å²) in [4.78, 5) is 70.7. The molecule has 0 bridgehead atoms. The van der Waals surface area contributed by atoms with Gasteiger partial charge in [0.2, 0.25) is 23.6 Å². The van der Waals surface area contributed by atoms with E-state index in [1.165, 1.54) is 9.80 Å². The third-order valence-electron chi connectivity index (χ3n) is 10.2. The lowest BCUT2D eigenvalue weighted by atomic mass is 9.50. The third-order valence-corrected chi connectivity index (χ3v) is 10.4. The molecule has 6 unspecified atom stereocenters. The Morgan fingerprint density at radius 2 is 1.74 bits per heavy atom. The van der Waals surface area contributed by atoms with Crippen molar-refractivity contribution in [3.05, 3.63) is 100 Å². The van der Waals surface area contributed by atoms with Crippen LogP contribution in [0.4, 0.5) is 5.69 Å². The van der Waals surface area contributed by atoms with Crippen molar-refractivity contribution < 1.29 is 38.6 Å². The first-order valence-electron chi connectivity index (χ1n) is 15.3. The summed E-state index contributed by atoms with van der Waals surface area (Å²) in [5.74, 6) is -5.73. The molecule has 1 aromatic heterocycles. The Kier molecular flexibility index (Phi) is 7.44. The molecular weight excluding hydrogens is 612 g/mol. The number of hydrogen-bond acceptors (Lipinski definition) is 7. The van der Waals surface area contributed by atoms with Gasteiger partial charge in [-0.2, -0.15) is 0 Å². The van der Waals surface area contributed by atoms with Gasteiger partial charge < -0.3 is 14.6 Å². The van der Waals surface area contributed by atoms with Crippen LogP contribution in [-0.4, -0.2) is 51.3 Å². The number of imide groups is 2. The minimum absolute atomic E-state index is 0.00215. The molecule has 3 heterocycles. The van der Waals surface area contributed by atoms with Crippen LogP contribution in [-0.2, 0) is 36.0 Å². The zero-order valence-corrected chi connectivity index (χ0v) is 25.4. The molecule has 2 aromatic carbocycles. The standard InChI is InChI=1S/C35H31ClN2O8/c36-20-8-4-9-21(16-20)38-32(43)26-17-25-23(12-13-24-29(25)33(44)37(31(24)42)15-5-10-28(40)41)30(27-14-11-22(18-39)46-27)35(26,34(38)45)19-6-2-1-3-7-19/h1-4,6-9,11-12,14,16,24-26,29-30,39H,5,10,13,15,17-18H2,(H,40,41). The lowest BCUT2D eigenvalue weighted by Crippen LogP contribution is -2.53. The number of anilines is 1. The van der Waals surface area contributed by atoms with E-state index in [1.807, 2.05) is 36.4 Å². The SMILES string of the molecule is O=C(O)CCCN1C(=O)C2CC=C3C(CC4C(=O)N(c5cccc(Cl)c5)C(=O)C4(c4ccccc4)C3c3ccc(CO)o3)C2C1=O. The zero-order valence-electron chi connectivity index (χ0n) is 24.7. The first-order valence-corrected chi connectivity index (χ1v) is 15.7. The van der Waals surface area contributed by atoms with Gasteiger partial charge >= 0.3 is 5.97 Å². The average Bonchev–Trinajstić information content (AvgIpc) is 3.69. The van der Waals surface area contributed by atoms with Crippen LogP contribution in [0.5, 0.6) is 0 Å². The number of allylic oxidation sites excluding steroid dienone is 2. The molecule has 3 fully saturated rings. The maximum absolute atomic E-state index is 15.1. The van der Waals surface area contributed by atoms with E-state index in [-0.39, 0.29) is 56.4 Å². The molecule has 4 aliphatic rings. The lowest BCUT2D eigenvalue weighted by molar-refractivity contribution is -0.142. The molecule has 3 aromatic rings. The Bertz CT molecular complexity index is 1800. The van der Waals surface area contributed by atoms with Gasteiger partial charge in [-0.05, 0) is 61.1 Å². The van der Waals surface area contributed by atoms with Crippen LogP contribution in [0.3, 0.4) is 0 Å². The number of carbonyl (C=O) groups is 5. The molecule has 11 heteroatoms. The number of carboxylic acids is 1. The summed E-state index contributed by atoms with van der Waals surface area (Å²) in [5, 5.41) is 19.4. The molecule has 6 atom stereocenters. The molecule has 2 aliphatic heterocycles. The largest absolute Gasteiger partial charge is 0.481 e. The van der Waals surface area contributed by atoms with Gasteiger partial charge in [-0.25, -0.2) is 4.90 Å². The van der Waals surface area contributed by atoms with Gasteiger partial charge in [0, 0.05) is 18.0 Å². The van der Waals surface area contributed by atoms with E-state index in [0.29, 0.717) is 22.0 Å². The van der Waals surface area contributed by atoms with Crippen molar-refractivity contribution in [2.75, 3.05) is 11.4 Å². The predicted octanol–water partition coefficient (Wildman–Crippen LogP) is 4.45. The summed E-state index contributed by atoms with van der Waals surface area (Å²) in [6, 6.07) is 19.0. The molecule has 2 N–H and O–H groups in total. The van der Waals surface area contributed by atoms with Crippen LogP contribution in [0.1, 0.15) is 48.7 Å². The number of carbonyl (C=O) groups excluding carboxylic acids is 4. The van der Waals surface area contributed by atoms with E-state index >= 15 is 4.79 Å². The zero-order chi connectivity index (χ0) is 32.3. The van der Waals surface area contributed by atoms with E-state index in [1.54, 1.807) is 36.4 Å². The van der Waals surface area contributed by atoms with Gasteiger partial charge in [-0.3, -0.25) is 28.9 Å². The van der Waals surface area contributed by atoms with Crippen LogP contribution < -0.4 is 4.90 Å². The second kappa shape index (κ2) is 11.4. The monoisotopic (exact) mass is 642 g/mol. The number of rotatable bonds is 8. The van der Waals surface area contributed by atoms with Gasteiger partial charge in [0.15, 0.2) is 0 Å². The second-order valence-corrected chi connectivity index (χ2v) is 12.8. The molecule has 10 nitrogen and oxygen atoms in total. The number of aliphatic carboxylic acids is 1. The molecule has 1 saturated carbocycles. The maximum atomic E-state index is 15.1. The number of halogens is 1. The Balaban J connectivity index is 1.41. The highest BCUT2D eigenvalue weighted by molar-refractivity contribution is 6.32. The van der Waals surface area contributed by atoms with Crippen molar-refractivity contribution in [2.24, 2.45) is 23.7 Å². The molecule has 2 aliphatic carbocycles. The van der Waals surface area contributed by atoms with Crippen LogP contribution in [0.2, 0.25) is 5.02 Å². The van der Waals surface area contributed by atoms with Crippen molar-refractivity contribution in [3.63, 3.8) is 0 Å². The summed E-state index contributed by atoms with van der Waals surface area (Å²) >= 11 is 6.32. The fourth-order valence-electron chi connectivity index (χ4n) is 8.36. The predicted molar refractivity (Wildman–Crippen MR) is 164 cm³/mol. The molecule has 4 amide bonds. The number of aliphatic hydroxyl groups is 1. The van der Waals surface area contributed by atoms with Crippen molar-refractivity contribution >= 4 is 46.9 Å². The Morgan fingerprint density at radius 3 is 2.43 bits per heavy atom. The van der Waals surface area contributed by atoms with Crippen molar-refractivity contribution in [1.29, 1.82) is 0 Å². The Labute approximate surface area is 269 Å². The van der Waals surface area contributed by atoms with E-state index < -0.39 is 52.8 Å². The van der Waals surface area contributed by atoms with E-state index in [9.17, 15) is 24.3 Å². The summed E-state index contributed by atoms with van der Waals surface area (Å²) < 4.78 is 6.16. The summed E-state index contributed by atoms with van der Waals surface area (Å²) in [6.45, 7) is -0.376. The molecule has 0 radical (unpaired) electrons. The molecule has 7 rings (SSSR count). The molecule has 0 spiro atoms. The van der Waals surface area contributed by atoms with E-state index in [4.69, 9.17) is 21.1 Å². The van der Waals surface area contributed by atoms with Crippen LogP contribution in [0.25, 0.3) is 0 Å². The average molecular weight is 643 g/mol. The van der Waals surface area contributed by atoms with Gasteiger partial charge in [-0.1, -0.05) is 59.6 Å². The number of hydrogen-bond donors (Lipinski definition) is 2. The van der Waals surface area contributed by atoms with Gasteiger partial charge in [0.05, 0.1) is 29.4 Å². The van der Waals surface area contributed by atoms with Crippen molar-refractivity contribution in [1.82, 2.24) is 4.90 Å². The lowest BCUT2D eigenvalue weighted by Gasteiger charge is -2.49. The highest BCUT2D eigenvalue weighted by Gasteiger charge is 2.70. The number of nitrogens with zero attached hydrogens (tertiary/aromatic N) is 2. The fraction of sp³-hybridized carbons (Fsp3) is 0.343. The molecule has 2 saturated heterocycles. The second-order valence-electron chi connectivity index (χ2n) is 12.4. The van der Waals surface area contributed by atoms with E-state index in [2.05, 4.69) is 0 Å². The quantitative estimate of drug-likeness (QED) is 0.271. The van der Waals surface area contributed by atoms with Crippen LogP contribution >= 0.6 is 11.6 Å². The van der Waals surface area contributed by atoms with Gasteiger partial charge in [-0.15, -0.1) is 0 Å². The molecule has 46 heavy (non-hydrogen) atoms. The minimum Gasteiger partial charge on any atom is -0.481 e. The normalized spacial score (nSPS) is 28.7. The Morgan fingerprint density at radius 1 is 0.957 bits per heavy atom. The minimum atomic E-state index is -1.47. The van der Waals surface area contributed by atoms with Gasteiger partial charge in [0.25, 0.3) is 0 Å². The first kappa shape index (κ1) is 30.1. The highest BCUT2D eigenvalue weighted by Crippen LogP contribution is 2.64. The van der Waals surface area contributed by atoms with Crippen LogP contribution in [0.15, 0.2) is 82.8 Å². The number of amides is 4.